The fourth-order valence-corrected chi connectivity index (χ4v) is 5.70. The van der Waals surface area contributed by atoms with E-state index in [9.17, 15) is 16.8 Å². The van der Waals surface area contributed by atoms with Crippen LogP contribution in [0.1, 0.15) is 12.6 Å². The molecule has 0 aliphatic heterocycles. The van der Waals surface area contributed by atoms with Gasteiger partial charge in [-0.1, -0.05) is 31.2 Å². The molecule has 0 spiro atoms. The molecule has 0 amide bonds. The Morgan fingerprint density at radius 2 is 1.61 bits per heavy atom. The second-order valence-corrected chi connectivity index (χ2v) is 10.0. The van der Waals surface area contributed by atoms with Gasteiger partial charge in [0.25, 0.3) is 0 Å². The maximum absolute atomic E-state index is 13.0. The van der Waals surface area contributed by atoms with Gasteiger partial charge in [0.2, 0.25) is 19.9 Å². The first-order valence-electron chi connectivity index (χ1n) is 8.73. The van der Waals surface area contributed by atoms with Crippen LogP contribution in [0, 0.1) is 0 Å². The lowest BCUT2D eigenvalue weighted by Crippen LogP contribution is -2.33. The van der Waals surface area contributed by atoms with Gasteiger partial charge >= 0.3 is 0 Å². The smallest absolute Gasteiger partial charge is 0.243 e. The maximum atomic E-state index is 13.0. The van der Waals surface area contributed by atoms with Crippen LogP contribution in [0.3, 0.4) is 0 Å². The van der Waals surface area contributed by atoms with Crippen LogP contribution in [0.5, 0.6) is 0 Å². The summed E-state index contributed by atoms with van der Waals surface area (Å²) in [6, 6.07) is 13.4. The quantitative estimate of drug-likeness (QED) is 0.605. The van der Waals surface area contributed by atoms with Crippen LogP contribution in [-0.4, -0.2) is 44.2 Å². The third-order valence-corrected chi connectivity index (χ3v) is 8.08. The molecule has 0 aliphatic rings. The van der Waals surface area contributed by atoms with Crippen LogP contribution in [0.4, 0.5) is 0 Å². The summed E-state index contributed by atoms with van der Waals surface area (Å²) < 4.78 is 53.0. The third kappa shape index (κ3) is 4.16. The fraction of sp³-hybridized carbons (Fsp3) is 0.211. The number of sulfone groups is 1. The molecule has 1 aromatic heterocycles. The van der Waals surface area contributed by atoms with Crippen molar-refractivity contribution >= 4 is 19.9 Å². The van der Waals surface area contributed by atoms with Crippen LogP contribution in [-0.2, 0) is 26.3 Å². The molecule has 0 unspecified atom stereocenters. The first-order valence-corrected chi connectivity index (χ1v) is 11.7. The Morgan fingerprint density at radius 1 is 0.929 bits per heavy atom. The highest BCUT2D eigenvalue weighted by Crippen LogP contribution is 2.24. The van der Waals surface area contributed by atoms with Crippen LogP contribution in [0.2, 0.25) is 0 Å². The molecule has 9 heteroatoms. The number of hydrogen-bond donors (Lipinski definition) is 1. The molecule has 1 heterocycles. The minimum atomic E-state index is -3.83. The Balaban J connectivity index is 1.91. The molecule has 1 N–H and O–H groups in total. The summed E-state index contributed by atoms with van der Waals surface area (Å²) in [5.74, 6) is 0. The summed E-state index contributed by atoms with van der Waals surface area (Å²) in [6.07, 6.45) is 3.67. The van der Waals surface area contributed by atoms with E-state index in [0.717, 1.165) is 5.69 Å². The van der Waals surface area contributed by atoms with Crippen molar-refractivity contribution in [3.63, 3.8) is 0 Å². The molecule has 0 bridgehead atoms. The Labute approximate surface area is 165 Å². The molecular weight excluding hydrogens is 398 g/mol. The molecule has 0 saturated carbocycles. The lowest BCUT2D eigenvalue weighted by atomic mass is 10.3. The maximum Gasteiger partial charge on any atom is 0.243 e. The zero-order valence-electron chi connectivity index (χ0n) is 15.3. The largest absolute Gasteiger partial charge is 0.348 e. The van der Waals surface area contributed by atoms with Gasteiger partial charge in [-0.2, -0.15) is 4.31 Å². The zero-order valence-corrected chi connectivity index (χ0v) is 16.9. The second kappa shape index (κ2) is 8.26. The van der Waals surface area contributed by atoms with Crippen LogP contribution in [0.25, 0.3) is 0 Å². The molecule has 3 aromatic rings. The monoisotopic (exact) mass is 419 g/mol. The second-order valence-electron chi connectivity index (χ2n) is 6.11. The van der Waals surface area contributed by atoms with Gasteiger partial charge in [-0.25, -0.2) is 21.8 Å². The predicted molar refractivity (Wildman–Crippen MR) is 105 cm³/mol. The summed E-state index contributed by atoms with van der Waals surface area (Å²) in [4.78, 5) is 6.89. The van der Waals surface area contributed by atoms with Crippen LogP contribution in [0.15, 0.2) is 81.8 Å². The van der Waals surface area contributed by atoms with Crippen molar-refractivity contribution in [3.8, 4) is 0 Å². The number of hydrogen-bond acceptors (Lipinski definition) is 5. The van der Waals surface area contributed by atoms with Crippen molar-refractivity contribution in [2.24, 2.45) is 0 Å². The number of H-pyrrole nitrogens is 1. The van der Waals surface area contributed by atoms with Crippen molar-refractivity contribution < 1.29 is 16.8 Å². The van der Waals surface area contributed by atoms with Crippen LogP contribution < -0.4 is 0 Å². The van der Waals surface area contributed by atoms with E-state index in [1.165, 1.54) is 47.0 Å². The number of nitrogens with zero attached hydrogens (tertiary/aromatic N) is 2. The lowest BCUT2D eigenvalue weighted by Gasteiger charge is -2.20. The minimum absolute atomic E-state index is 0.0454. The molecule has 0 atom stereocenters. The highest BCUT2D eigenvalue weighted by atomic mass is 32.2. The van der Waals surface area contributed by atoms with E-state index in [0.29, 0.717) is 6.42 Å². The Morgan fingerprint density at radius 3 is 2.25 bits per heavy atom. The van der Waals surface area contributed by atoms with E-state index in [1.54, 1.807) is 31.3 Å². The van der Waals surface area contributed by atoms with E-state index in [2.05, 4.69) is 9.97 Å². The number of aromatic amines is 1. The first-order chi connectivity index (χ1) is 13.4. The number of rotatable bonds is 8. The number of nitrogens with one attached hydrogen (secondary N) is 1. The molecule has 7 nitrogen and oxygen atoms in total. The summed E-state index contributed by atoms with van der Waals surface area (Å²) in [7, 11) is -7.63. The molecular formula is C19H21N3O4S2. The van der Waals surface area contributed by atoms with Crippen LogP contribution >= 0.6 is 0 Å². The fourth-order valence-electron chi connectivity index (χ4n) is 2.80. The number of imidazole rings is 1. The number of benzene rings is 2. The van der Waals surface area contributed by atoms with E-state index in [4.69, 9.17) is 0 Å². The first kappa shape index (κ1) is 20.2. The SMILES string of the molecule is CCN(CCc1cnc[nH]1)S(=O)(=O)c1cccc(S(=O)(=O)c2ccccc2)c1. The Kier molecular flexibility index (Phi) is 5.97. The lowest BCUT2D eigenvalue weighted by molar-refractivity contribution is 0.429. The van der Waals surface area contributed by atoms with E-state index < -0.39 is 19.9 Å². The van der Waals surface area contributed by atoms with Gasteiger partial charge < -0.3 is 4.98 Å². The molecule has 0 fully saturated rings. The third-order valence-electron chi connectivity index (χ3n) is 4.35. The van der Waals surface area contributed by atoms with E-state index in [1.807, 2.05) is 0 Å². The van der Waals surface area contributed by atoms with Gasteiger partial charge in [0, 0.05) is 31.4 Å². The molecule has 2 aromatic carbocycles. The summed E-state index contributed by atoms with van der Waals surface area (Å²) in [6.45, 7) is 2.28. The summed E-state index contributed by atoms with van der Waals surface area (Å²) >= 11 is 0. The molecule has 148 valence electrons. The van der Waals surface area contributed by atoms with Gasteiger partial charge in [-0.3, -0.25) is 0 Å². The molecule has 0 radical (unpaired) electrons. The Hall–Kier alpha value is -2.49. The molecule has 28 heavy (non-hydrogen) atoms. The number of sulfonamides is 1. The van der Waals surface area contributed by atoms with Crippen molar-refractivity contribution in [2.75, 3.05) is 13.1 Å². The minimum Gasteiger partial charge on any atom is -0.348 e. The van der Waals surface area contributed by atoms with Gasteiger partial charge in [0.1, 0.15) is 0 Å². The number of aromatic nitrogens is 2. The van der Waals surface area contributed by atoms with Crippen molar-refractivity contribution in [3.05, 3.63) is 72.8 Å². The van der Waals surface area contributed by atoms with Gasteiger partial charge in [-0.05, 0) is 30.3 Å². The highest BCUT2D eigenvalue weighted by Gasteiger charge is 2.25. The molecule has 0 saturated heterocycles. The van der Waals surface area contributed by atoms with Crippen molar-refractivity contribution in [2.45, 2.75) is 28.0 Å². The van der Waals surface area contributed by atoms with Crippen molar-refractivity contribution in [1.29, 1.82) is 0 Å². The summed E-state index contributed by atoms with van der Waals surface area (Å²) in [5, 5.41) is 0. The van der Waals surface area contributed by atoms with Gasteiger partial charge in [-0.15, -0.1) is 0 Å². The molecule has 3 rings (SSSR count). The average Bonchev–Trinajstić information content (AvgIpc) is 3.22. The van der Waals surface area contributed by atoms with Crippen molar-refractivity contribution in [1.82, 2.24) is 14.3 Å². The van der Waals surface area contributed by atoms with Gasteiger partial charge in [0.05, 0.1) is 21.0 Å². The highest BCUT2D eigenvalue weighted by molar-refractivity contribution is 7.91. The van der Waals surface area contributed by atoms with E-state index in [-0.39, 0.29) is 27.8 Å². The predicted octanol–water partition coefficient (Wildman–Crippen LogP) is 2.50. The zero-order chi connectivity index (χ0) is 20.2. The number of likely N-dealkylation sites (N-methyl/N-ethyl adjacent to an activating group) is 1. The van der Waals surface area contributed by atoms with E-state index >= 15 is 0 Å². The Bertz CT molecular complexity index is 1130. The normalized spacial score (nSPS) is 12.4. The van der Waals surface area contributed by atoms with Gasteiger partial charge in [0.15, 0.2) is 0 Å². The topological polar surface area (TPSA) is 100 Å². The molecule has 0 aliphatic carbocycles. The average molecular weight is 420 g/mol. The summed E-state index contributed by atoms with van der Waals surface area (Å²) in [5.41, 5.74) is 0.828. The standard InChI is InChI=1S/C19H21N3O4S2/c1-2-22(12-11-16-14-20-15-21-16)28(25,26)19-10-6-9-18(13-19)27(23,24)17-7-4-3-5-8-17/h3-10,13-15H,2,11-12H2,1H3,(H,20,21).